The molecular weight excluding hydrogens is 281 g/mol. The number of anilines is 1. The molecule has 1 fully saturated rings. The largest absolute Gasteiger partial charge is 0.369 e. The van der Waals surface area contributed by atoms with E-state index in [-0.39, 0.29) is 0 Å². The summed E-state index contributed by atoms with van der Waals surface area (Å²) in [6, 6.07) is 3.65. The van der Waals surface area contributed by atoms with Crippen molar-refractivity contribution in [3.8, 4) is 0 Å². The molecule has 0 unspecified atom stereocenters. The summed E-state index contributed by atoms with van der Waals surface area (Å²) in [7, 11) is 0. The minimum Gasteiger partial charge on any atom is -0.369 e. The average Bonchev–Trinajstić information content (AvgIpc) is 2.68. The molecular formula is C14H17Cl2N3. The fraction of sp³-hybridized carbons (Fsp3) is 0.500. The number of imidazole rings is 1. The van der Waals surface area contributed by atoms with Gasteiger partial charge in [-0.3, -0.25) is 0 Å². The van der Waals surface area contributed by atoms with Gasteiger partial charge in [-0.15, -0.1) is 0 Å². The first kappa shape index (κ1) is 13.1. The van der Waals surface area contributed by atoms with Crippen LogP contribution in [0.1, 0.15) is 32.1 Å². The van der Waals surface area contributed by atoms with Gasteiger partial charge >= 0.3 is 0 Å². The van der Waals surface area contributed by atoms with E-state index in [1.54, 1.807) is 6.07 Å². The van der Waals surface area contributed by atoms with Crippen LogP contribution in [0.15, 0.2) is 12.1 Å². The highest BCUT2D eigenvalue weighted by Gasteiger charge is 2.18. The Labute approximate surface area is 122 Å². The van der Waals surface area contributed by atoms with E-state index in [2.05, 4.69) is 9.55 Å². The molecule has 0 bridgehead atoms. The third-order valence-corrected chi connectivity index (χ3v) is 4.71. The van der Waals surface area contributed by atoms with Crippen LogP contribution in [-0.2, 0) is 6.54 Å². The lowest BCUT2D eigenvalue weighted by Crippen LogP contribution is -2.15. The lowest BCUT2D eigenvalue weighted by Gasteiger charge is -2.22. The van der Waals surface area contributed by atoms with Gasteiger partial charge in [0.1, 0.15) is 0 Å². The second kappa shape index (κ2) is 5.22. The zero-order chi connectivity index (χ0) is 13.4. The normalized spacial score (nSPS) is 17.2. The summed E-state index contributed by atoms with van der Waals surface area (Å²) in [5.41, 5.74) is 7.84. The Morgan fingerprint density at radius 2 is 1.84 bits per heavy atom. The van der Waals surface area contributed by atoms with E-state index < -0.39 is 0 Å². The van der Waals surface area contributed by atoms with Crippen LogP contribution < -0.4 is 5.73 Å². The predicted molar refractivity (Wildman–Crippen MR) is 80.7 cm³/mol. The van der Waals surface area contributed by atoms with Crippen LogP contribution in [0.5, 0.6) is 0 Å². The first-order valence-corrected chi connectivity index (χ1v) is 7.51. The van der Waals surface area contributed by atoms with Crippen molar-refractivity contribution in [3.05, 3.63) is 22.2 Å². The van der Waals surface area contributed by atoms with Crippen molar-refractivity contribution in [2.45, 2.75) is 38.6 Å². The molecule has 0 radical (unpaired) electrons. The van der Waals surface area contributed by atoms with Gasteiger partial charge in [0.15, 0.2) is 0 Å². The van der Waals surface area contributed by atoms with Gasteiger partial charge in [0, 0.05) is 6.54 Å². The maximum atomic E-state index is 6.10. The first-order chi connectivity index (χ1) is 9.15. The van der Waals surface area contributed by atoms with Gasteiger partial charge in [0.25, 0.3) is 0 Å². The second-order valence-electron chi connectivity index (χ2n) is 5.34. The predicted octanol–water partition coefficient (Wildman–Crippen LogP) is 4.51. The lowest BCUT2D eigenvalue weighted by molar-refractivity contribution is 0.323. The molecule has 1 aromatic carbocycles. The Bertz CT molecular complexity index is 600. The highest BCUT2D eigenvalue weighted by atomic mass is 35.5. The molecule has 1 aliphatic rings. The molecule has 0 atom stereocenters. The number of benzene rings is 1. The van der Waals surface area contributed by atoms with Gasteiger partial charge in [0.2, 0.25) is 5.95 Å². The van der Waals surface area contributed by atoms with Crippen LogP contribution in [0.3, 0.4) is 0 Å². The van der Waals surface area contributed by atoms with Crippen LogP contribution in [0.25, 0.3) is 11.0 Å². The van der Waals surface area contributed by atoms with E-state index in [1.807, 2.05) is 6.07 Å². The third-order valence-electron chi connectivity index (χ3n) is 3.99. The number of rotatable bonds is 2. The third kappa shape index (κ3) is 2.54. The zero-order valence-corrected chi connectivity index (χ0v) is 12.2. The van der Waals surface area contributed by atoms with Crippen LogP contribution in [0, 0.1) is 5.92 Å². The van der Waals surface area contributed by atoms with Crippen molar-refractivity contribution in [3.63, 3.8) is 0 Å². The number of halogens is 2. The summed E-state index contributed by atoms with van der Waals surface area (Å²) < 4.78 is 2.08. The van der Waals surface area contributed by atoms with Gasteiger partial charge in [-0.25, -0.2) is 4.98 Å². The van der Waals surface area contributed by atoms with E-state index in [0.29, 0.717) is 21.9 Å². The van der Waals surface area contributed by atoms with Crippen LogP contribution in [0.2, 0.25) is 10.0 Å². The maximum Gasteiger partial charge on any atom is 0.201 e. The lowest BCUT2D eigenvalue weighted by atomic mass is 9.89. The molecule has 2 aromatic rings. The Morgan fingerprint density at radius 1 is 1.16 bits per heavy atom. The van der Waals surface area contributed by atoms with Gasteiger partial charge in [-0.2, -0.15) is 0 Å². The van der Waals surface area contributed by atoms with E-state index in [9.17, 15) is 0 Å². The average molecular weight is 298 g/mol. The van der Waals surface area contributed by atoms with Crippen LogP contribution >= 0.6 is 23.2 Å². The molecule has 1 heterocycles. The standard InChI is InChI=1S/C14H17Cl2N3/c15-10-6-12-13(7-11(10)16)19(14(17)18-12)8-9-4-2-1-3-5-9/h6-7,9H,1-5,8H2,(H2,17,18). The van der Waals surface area contributed by atoms with Crippen molar-refractivity contribution >= 4 is 40.2 Å². The van der Waals surface area contributed by atoms with E-state index in [0.717, 1.165) is 17.6 Å². The number of nitrogens with zero attached hydrogens (tertiary/aromatic N) is 2. The highest BCUT2D eigenvalue weighted by Crippen LogP contribution is 2.31. The first-order valence-electron chi connectivity index (χ1n) is 6.76. The van der Waals surface area contributed by atoms with Crippen LogP contribution in [-0.4, -0.2) is 9.55 Å². The van der Waals surface area contributed by atoms with Gasteiger partial charge < -0.3 is 10.3 Å². The molecule has 3 rings (SSSR count). The van der Waals surface area contributed by atoms with Gasteiger partial charge in [0.05, 0.1) is 21.1 Å². The Morgan fingerprint density at radius 3 is 2.58 bits per heavy atom. The van der Waals surface area contributed by atoms with Crippen LogP contribution in [0.4, 0.5) is 5.95 Å². The summed E-state index contributed by atoms with van der Waals surface area (Å²) in [6.45, 7) is 0.931. The molecule has 1 aromatic heterocycles. The smallest absolute Gasteiger partial charge is 0.201 e. The van der Waals surface area contributed by atoms with Gasteiger partial charge in [-0.1, -0.05) is 42.5 Å². The maximum absolute atomic E-state index is 6.10. The van der Waals surface area contributed by atoms with Crippen molar-refractivity contribution in [2.75, 3.05) is 5.73 Å². The summed E-state index contributed by atoms with van der Waals surface area (Å²) in [4.78, 5) is 4.38. The Kier molecular flexibility index (Phi) is 3.59. The van der Waals surface area contributed by atoms with E-state index in [1.165, 1.54) is 32.1 Å². The summed E-state index contributed by atoms with van der Waals surface area (Å²) in [5.74, 6) is 1.25. The number of nitrogen functional groups attached to an aromatic ring is 1. The fourth-order valence-electron chi connectivity index (χ4n) is 2.96. The van der Waals surface area contributed by atoms with Crippen molar-refractivity contribution in [1.82, 2.24) is 9.55 Å². The number of fused-ring (bicyclic) bond motifs is 1. The molecule has 0 saturated heterocycles. The monoisotopic (exact) mass is 297 g/mol. The number of hydrogen-bond donors (Lipinski definition) is 1. The molecule has 5 heteroatoms. The molecule has 0 spiro atoms. The van der Waals surface area contributed by atoms with E-state index in [4.69, 9.17) is 28.9 Å². The minimum absolute atomic E-state index is 0.525. The SMILES string of the molecule is Nc1nc2cc(Cl)c(Cl)cc2n1CC1CCCCC1. The van der Waals surface area contributed by atoms with E-state index >= 15 is 0 Å². The number of hydrogen-bond acceptors (Lipinski definition) is 2. The Hall–Kier alpha value is -0.930. The minimum atomic E-state index is 0.525. The number of nitrogens with two attached hydrogens (primary N) is 1. The number of aromatic nitrogens is 2. The molecule has 1 saturated carbocycles. The summed E-state index contributed by atoms with van der Waals surface area (Å²) in [5, 5.41) is 1.08. The van der Waals surface area contributed by atoms with Crippen molar-refractivity contribution in [2.24, 2.45) is 5.92 Å². The molecule has 1 aliphatic carbocycles. The molecule has 102 valence electrons. The second-order valence-corrected chi connectivity index (χ2v) is 6.15. The van der Waals surface area contributed by atoms with Crippen molar-refractivity contribution < 1.29 is 0 Å². The summed E-state index contributed by atoms with van der Waals surface area (Å²) >= 11 is 12.1. The molecule has 3 nitrogen and oxygen atoms in total. The van der Waals surface area contributed by atoms with Crippen molar-refractivity contribution in [1.29, 1.82) is 0 Å². The quantitative estimate of drug-likeness (QED) is 0.886. The molecule has 0 amide bonds. The molecule has 2 N–H and O–H groups in total. The molecule has 0 aliphatic heterocycles. The fourth-order valence-corrected chi connectivity index (χ4v) is 3.27. The zero-order valence-electron chi connectivity index (χ0n) is 10.7. The van der Waals surface area contributed by atoms with Gasteiger partial charge in [-0.05, 0) is 30.9 Å². The Balaban J connectivity index is 1.97. The summed E-state index contributed by atoms with van der Waals surface area (Å²) in [6.07, 6.45) is 6.56. The topological polar surface area (TPSA) is 43.8 Å². The molecule has 19 heavy (non-hydrogen) atoms. The highest BCUT2D eigenvalue weighted by molar-refractivity contribution is 6.42.